The third-order valence-electron chi connectivity index (χ3n) is 5.45. The molecule has 2 heterocycles. The second-order valence-electron chi connectivity index (χ2n) is 7.96. The van der Waals surface area contributed by atoms with Gasteiger partial charge in [-0.2, -0.15) is 10.2 Å². The minimum absolute atomic E-state index is 0.125. The van der Waals surface area contributed by atoms with Crippen molar-refractivity contribution in [2.45, 2.75) is 31.7 Å². The van der Waals surface area contributed by atoms with Crippen molar-refractivity contribution in [1.29, 1.82) is 5.26 Å². The zero-order valence-electron chi connectivity index (χ0n) is 17.8. The molecule has 1 saturated carbocycles. The van der Waals surface area contributed by atoms with Gasteiger partial charge in [-0.05, 0) is 19.1 Å². The van der Waals surface area contributed by atoms with E-state index in [1.54, 1.807) is 25.1 Å². The van der Waals surface area contributed by atoms with Gasteiger partial charge in [-0.1, -0.05) is 11.6 Å². The molecule has 1 aliphatic carbocycles. The van der Waals surface area contributed by atoms with E-state index in [0.29, 0.717) is 27.2 Å². The highest BCUT2D eigenvalue weighted by Gasteiger charge is 2.45. The molecule has 4 rings (SSSR count). The number of halogens is 3. The SMILES string of the molecule is COc1nc(NC(C)c2cc3cc(Cl)c(OCC4CC(F)(F)C4)cc3[nH]c2=O)ncc1C#N. The van der Waals surface area contributed by atoms with Gasteiger partial charge in [-0.15, -0.1) is 0 Å². The summed E-state index contributed by atoms with van der Waals surface area (Å²) in [5, 5.41) is 13.1. The normalized spacial score (nSPS) is 16.0. The van der Waals surface area contributed by atoms with Crippen molar-refractivity contribution >= 4 is 28.5 Å². The van der Waals surface area contributed by atoms with Crippen LogP contribution in [0, 0.1) is 17.2 Å². The van der Waals surface area contributed by atoms with E-state index in [2.05, 4.69) is 20.3 Å². The summed E-state index contributed by atoms with van der Waals surface area (Å²) in [5.74, 6) is -2.18. The summed E-state index contributed by atoms with van der Waals surface area (Å²) in [6, 6.07) is 6.38. The lowest BCUT2D eigenvalue weighted by molar-refractivity contribution is -0.119. The van der Waals surface area contributed by atoms with E-state index in [9.17, 15) is 13.6 Å². The summed E-state index contributed by atoms with van der Waals surface area (Å²) in [7, 11) is 1.40. The number of benzene rings is 1. The number of anilines is 1. The summed E-state index contributed by atoms with van der Waals surface area (Å²) >= 11 is 6.33. The number of alkyl halides is 2. The number of methoxy groups -OCH3 is 1. The third kappa shape index (κ3) is 4.83. The Labute approximate surface area is 192 Å². The highest BCUT2D eigenvalue weighted by molar-refractivity contribution is 6.32. The number of aromatic nitrogens is 3. The maximum absolute atomic E-state index is 13.0. The minimum atomic E-state index is -2.61. The summed E-state index contributed by atoms with van der Waals surface area (Å²) in [4.78, 5) is 23.7. The molecule has 172 valence electrons. The molecule has 0 radical (unpaired) electrons. The maximum Gasteiger partial charge on any atom is 0.253 e. The van der Waals surface area contributed by atoms with Crippen molar-refractivity contribution < 1.29 is 18.3 Å². The molecule has 33 heavy (non-hydrogen) atoms. The third-order valence-corrected chi connectivity index (χ3v) is 5.75. The fraction of sp³-hybridized carbons (Fsp3) is 0.364. The molecule has 0 saturated heterocycles. The van der Waals surface area contributed by atoms with Crippen LogP contribution in [0.5, 0.6) is 11.6 Å². The second-order valence-corrected chi connectivity index (χ2v) is 8.37. The number of hydrogen-bond donors (Lipinski definition) is 2. The number of fused-ring (bicyclic) bond motifs is 1. The van der Waals surface area contributed by atoms with Gasteiger partial charge in [0.15, 0.2) is 0 Å². The number of hydrogen-bond acceptors (Lipinski definition) is 7. The molecule has 2 N–H and O–H groups in total. The van der Waals surface area contributed by atoms with E-state index in [-0.39, 0.29) is 48.3 Å². The van der Waals surface area contributed by atoms with Gasteiger partial charge in [0.2, 0.25) is 17.8 Å². The average molecular weight is 476 g/mol. The van der Waals surface area contributed by atoms with E-state index in [1.807, 2.05) is 6.07 Å². The molecule has 0 spiro atoms. The van der Waals surface area contributed by atoms with Gasteiger partial charge in [0.1, 0.15) is 17.4 Å². The number of rotatable bonds is 7. The maximum atomic E-state index is 13.0. The van der Waals surface area contributed by atoms with Gasteiger partial charge in [0, 0.05) is 35.8 Å². The Hall–Kier alpha value is -3.45. The molecule has 1 unspecified atom stereocenters. The Kier molecular flexibility index (Phi) is 6.08. The van der Waals surface area contributed by atoms with Crippen molar-refractivity contribution in [3.63, 3.8) is 0 Å². The van der Waals surface area contributed by atoms with Crippen LogP contribution in [0.1, 0.15) is 36.9 Å². The fourth-order valence-electron chi connectivity index (χ4n) is 3.71. The number of aromatic amines is 1. The van der Waals surface area contributed by atoms with Gasteiger partial charge >= 0.3 is 0 Å². The monoisotopic (exact) mass is 475 g/mol. The summed E-state index contributed by atoms with van der Waals surface area (Å²) in [5.41, 5.74) is 0.773. The van der Waals surface area contributed by atoms with Crippen molar-refractivity contribution in [2.75, 3.05) is 19.0 Å². The topological polar surface area (TPSA) is 113 Å². The van der Waals surface area contributed by atoms with Gasteiger partial charge in [-0.3, -0.25) is 4.79 Å². The predicted molar refractivity (Wildman–Crippen MR) is 118 cm³/mol. The van der Waals surface area contributed by atoms with Crippen LogP contribution >= 0.6 is 11.6 Å². The Morgan fingerprint density at radius 2 is 2.15 bits per heavy atom. The first-order valence-electron chi connectivity index (χ1n) is 10.1. The molecular weight excluding hydrogens is 456 g/mol. The number of H-pyrrole nitrogens is 1. The van der Waals surface area contributed by atoms with Gasteiger partial charge in [0.25, 0.3) is 5.56 Å². The van der Waals surface area contributed by atoms with E-state index >= 15 is 0 Å². The molecule has 1 aromatic carbocycles. The van der Waals surface area contributed by atoms with Crippen molar-refractivity contribution in [3.8, 4) is 17.7 Å². The number of nitriles is 1. The number of ether oxygens (including phenoxy) is 2. The smallest absolute Gasteiger partial charge is 0.253 e. The number of nitrogens with one attached hydrogen (secondary N) is 2. The lowest BCUT2D eigenvalue weighted by Crippen LogP contribution is -2.38. The largest absolute Gasteiger partial charge is 0.492 e. The summed E-state index contributed by atoms with van der Waals surface area (Å²) in [6.07, 6.45) is 0.938. The molecule has 1 atom stereocenters. The van der Waals surface area contributed by atoms with E-state index in [0.717, 1.165) is 0 Å². The van der Waals surface area contributed by atoms with Crippen molar-refractivity contribution in [3.05, 3.63) is 50.9 Å². The first-order chi connectivity index (χ1) is 15.7. The van der Waals surface area contributed by atoms with Crippen LogP contribution in [0.25, 0.3) is 10.9 Å². The van der Waals surface area contributed by atoms with Crippen molar-refractivity contribution in [2.24, 2.45) is 5.92 Å². The molecule has 0 bridgehead atoms. The standard InChI is InChI=1S/C22H20ClF2N5O3/c1-11(28-21-27-9-14(8-26)20(30-21)32-2)15-3-13-4-16(23)18(5-17(13)29-19(15)31)33-10-12-6-22(24,25)7-12/h3-5,9,11-12H,6-7,10H2,1-2H3,(H,29,31)(H,27,28,30). The summed E-state index contributed by atoms with van der Waals surface area (Å²) in [6.45, 7) is 1.90. The molecule has 3 aromatic rings. The average Bonchev–Trinajstić information content (AvgIpc) is 2.75. The lowest BCUT2D eigenvalue weighted by Gasteiger charge is -2.34. The highest BCUT2D eigenvalue weighted by Crippen LogP contribution is 2.43. The lowest BCUT2D eigenvalue weighted by atomic mass is 9.82. The fourth-order valence-corrected chi connectivity index (χ4v) is 3.93. The molecule has 1 aliphatic rings. The Morgan fingerprint density at radius 3 is 2.82 bits per heavy atom. The molecule has 0 amide bonds. The molecular formula is C22H20ClF2N5O3. The Morgan fingerprint density at radius 1 is 1.39 bits per heavy atom. The van der Waals surface area contributed by atoms with E-state index in [1.165, 1.54) is 13.3 Å². The van der Waals surface area contributed by atoms with Crippen LogP contribution in [0.3, 0.4) is 0 Å². The number of nitrogens with zero attached hydrogens (tertiary/aromatic N) is 3. The van der Waals surface area contributed by atoms with Gasteiger partial charge in [-0.25, -0.2) is 13.8 Å². The number of pyridine rings is 1. The van der Waals surface area contributed by atoms with Gasteiger partial charge < -0.3 is 19.8 Å². The first kappa shape index (κ1) is 22.7. The first-order valence-corrected chi connectivity index (χ1v) is 10.5. The minimum Gasteiger partial charge on any atom is -0.492 e. The van der Waals surface area contributed by atoms with Crippen LogP contribution < -0.4 is 20.3 Å². The quantitative estimate of drug-likeness (QED) is 0.519. The Balaban J connectivity index is 1.53. The van der Waals surface area contributed by atoms with E-state index < -0.39 is 12.0 Å². The van der Waals surface area contributed by atoms with Gasteiger partial charge in [0.05, 0.1) is 36.5 Å². The zero-order valence-corrected chi connectivity index (χ0v) is 18.5. The van der Waals surface area contributed by atoms with Crippen LogP contribution in [0.2, 0.25) is 5.02 Å². The molecule has 8 nitrogen and oxygen atoms in total. The highest BCUT2D eigenvalue weighted by atomic mass is 35.5. The van der Waals surface area contributed by atoms with Crippen LogP contribution in [0.15, 0.2) is 29.2 Å². The molecule has 11 heteroatoms. The summed E-state index contributed by atoms with van der Waals surface area (Å²) < 4.78 is 36.7. The molecule has 0 aliphatic heterocycles. The predicted octanol–water partition coefficient (Wildman–Crippen LogP) is 4.45. The van der Waals surface area contributed by atoms with E-state index in [4.69, 9.17) is 26.3 Å². The zero-order chi connectivity index (χ0) is 23.8. The van der Waals surface area contributed by atoms with Crippen molar-refractivity contribution in [1.82, 2.24) is 15.0 Å². The second kappa shape index (κ2) is 8.83. The molecule has 2 aromatic heterocycles. The Bertz CT molecular complexity index is 1300. The molecule has 1 fully saturated rings. The van der Waals surface area contributed by atoms with Crippen LogP contribution in [0.4, 0.5) is 14.7 Å². The van der Waals surface area contributed by atoms with Crippen LogP contribution in [-0.2, 0) is 0 Å². The van der Waals surface area contributed by atoms with Crippen LogP contribution in [-0.4, -0.2) is 34.6 Å².